The summed E-state index contributed by atoms with van der Waals surface area (Å²) in [6, 6.07) is -0.809. The van der Waals surface area contributed by atoms with Gasteiger partial charge in [-0.3, -0.25) is 4.79 Å². The molecule has 0 aliphatic heterocycles. The summed E-state index contributed by atoms with van der Waals surface area (Å²) < 4.78 is 1.93. The van der Waals surface area contributed by atoms with Gasteiger partial charge in [0.25, 0.3) is 0 Å². The van der Waals surface area contributed by atoms with E-state index in [2.05, 4.69) is 10.3 Å². The van der Waals surface area contributed by atoms with Crippen LogP contribution in [0.15, 0.2) is 12.4 Å². The van der Waals surface area contributed by atoms with E-state index in [9.17, 15) is 9.59 Å². The van der Waals surface area contributed by atoms with Gasteiger partial charge in [0, 0.05) is 26.4 Å². The van der Waals surface area contributed by atoms with E-state index in [1.807, 2.05) is 17.8 Å². The van der Waals surface area contributed by atoms with E-state index in [0.717, 1.165) is 11.6 Å². The first-order valence-corrected chi connectivity index (χ1v) is 6.70. The van der Waals surface area contributed by atoms with Gasteiger partial charge in [-0.15, -0.1) is 0 Å². The van der Waals surface area contributed by atoms with Crippen LogP contribution < -0.4 is 5.32 Å². The average molecular weight is 271 g/mol. The first-order chi connectivity index (χ1) is 8.50. The van der Waals surface area contributed by atoms with Gasteiger partial charge < -0.3 is 15.0 Å². The molecular weight excluding hydrogens is 254 g/mol. The van der Waals surface area contributed by atoms with Gasteiger partial charge in [0.2, 0.25) is 5.91 Å². The highest BCUT2D eigenvalue weighted by molar-refractivity contribution is 7.98. The fraction of sp³-hybridized carbons (Fsp3) is 0.545. The third kappa shape index (κ3) is 4.79. The molecule has 0 radical (unpaired) electrons. The van der Waals surface area contributed by atoms with Crippen LogP contribution in [0.3, 0.4) is 0 Å². The Kier molecular flexibility index (Phi) is 5.70. The summed E-state index contributed by atoms with van der Waals surface area (Å²) in [5.74, 6) is 1.02. The van der Waals surface area contributed by atoms with Crippen molar-refractivity contribution in [2.45, 2.75) is 25.1 Å². The molecule has 1 amide bonds. The quantitative estimate of drug-likeness (QED) is 0.711. The van der Waals surface area contributed by atoms with Crippen molar-refractivity contribution in [1.29, 1.82) is 0 Å². The van der Waals surface area contributed by atoms with E-state index in [0.29, 0.717) is 12.2 Å². The lowest BCUT2D eigenvalue weighted by atomic mass is 10.2. The van der Waals surface area contributed by atoms with Gasteiger partial charge in [-0.25, -0.2) is 9.78 Å². The van der Waals surface area contributed by atoms with E-state index < -0.39 is 12.0 Å². The molecule has 0 fully saturated rings. The van der Waals surface area contributed by atoms with Crippen molar-refractivity contribution in [2.75, 3.05) is 5.75 Å². The van der Waals surface area contributed by atoms with E-state index >= 15 is 0 Å². The fourth-order valence-corrected chi connectivity index (χ4v) is 2.41. The molecule has 1 rings (SSSR count). The smallest absolute Gasteiger partial charge is 0.326 e. The highest BCUT2D eigenvalue weighted by Crippen LogP contribution is 2.12. The summed E-state index contributed by atoms with van der Waals surface area (Å²) in [5.41, 5.74) is 0. The van der Waals surface area contributed by atoms with Gasteiger partial charge in [-0.1, -0.05) is 0 Å². The van der Waals surface area contributed by atoms with Gasteiger partial charge >= 0.3 is 5.97 Å². The Morgan fingerprint density at radius 2 is 2.33 bits per heavy atom. The average Bonchev–Trinajstić information content (AvgIpc) is 2.68. The molecule has 0 saturated heterocycles. The number of carbonyl (C=O) groups excluding carboxylic acids is 1. The summed E-state index contributed by atoms with van der Waals surface area (Å²) >= 11 is 1.60. The lowest BCUT2D eigenvalue weighted by molar-refractivity contribution is -0.141. The summed E-state index contributed by atoms with van der Waals surface area (Å²) in [4.78, 5) is 25.9. The number of rotatable bonds is 7. The maximum atomic E-state index is 10.9. The normalized spacial score (nSPS) is 12.1. The van der Waals surface area contributed by atoms with E-state index in [1.165, 1.54) is 6.92 Å². The maximum Gasteiger partial charge on any atom is 0.326 e. The second-order valence-corrected chi connectivity index (χ2v) is 4.99. The van der Waals surface area contributed by atoms with Crippen LogP contribution in [0.1, 0.15) is 19.2 Å². The van der Waals surface area contributed by atoms with Crippen molar-refractivity contribution >= 4 is 23.6 Å². The van der Waals surface area contributed by atoms with Crippen molar-refractivity contribution in [3.8, 4) is 0 Å². The SMILES string of the molecule is CC(=O)NC(CCSCc1nccn1C)C(=O)O. The van der Waals surface area contributed by atoms with E-state index in [1.54, 1.807) is 18.0 Å². The van der Waals surface area contributed by atoms with Crippen molar-refractivity contribution < 1.29 is 14.7 Å². The van der Waals surface area contributed by atoms with Crippen LogP contribution in [0, 0.1) is 0 Å². The second kappa shape index (κ2) is 7.05. The molecule has 0 saturated carbocycles. The zero-order chi connectivity index (χ0) is 13.5. The molecule has 1 atom stereocenters. The van der Waals surface area contributed by atoms with Gasteiger partial charge in [0.05, 0.1) is 5.75 Å². The molecule has 0 aliphatic carbocycles. The Balaban J connectivity index is 2.29. The number of hydrogen-bond acceptors (Lipinski definition) is 4. The van der Waals surface area contributed by atoms with Crippen LogP contribution in [0.5, 0.6) is 0 Å². The Morgan fingerprint density at radius 1 is 1.61 bits per heavy atom. The first kappa shape index (κ1) is 14.6. The van der Waals surface area contributed by atoms with Gasteiger partial charge in [0.15, 0.2) is 0 Å². The maximum absolute atomic E-state index is 10.9. The van der Waals surface area contributed by atoms with Crippen LogP contribution in [-0.4, -0.2) is 38.3 Å². The molecule has 0 spiro atoms. The number of carboxylic acid groups (broad SMARTS) is 1. The molecule has 1 unspecified atom stereocenters. The predicted molar refractivity (Wildman–Crippen MR) is 69.2 cm³/mol. The molecule has 6 nitrogen and oxygen atoms in total. The number of nitrogens with zero attached hydrogens (tertiary/aromatic N) is 2. The largest absolute Gasteiger partial charge is 0.480 e. The van der Waals surface area contributed by atoms with Gasteiger partial charge in [0.1, 0.15) is 11.9 Å². The minimum atomic E-state index is -0.997. The molecule has 1 aromatic heterocycles. The molecule has 0 aliphatic rings. The Hall–Kier alpha value is -1.50. The van der Waals surface area contributed by atoms with E-state index in [4.69, 9.17) is 5.11 Å². The molecular formula is C11H17N3O3S. The topological polar surface area (TPSA) is 84.2 Å². The van der Waals surface area contributed by atoms with Crippen molar-refractivity contribution in [1.82, 2.24) is 14.9 Å². The van der Waals surface area contributed by atoms with Crippen LogP contribution in [0.4, 0.5) is 0 Å². The molecule has 0 aromatic carbocycles. The third-order valence-electron chi connectivity index (χ3n) is 2.38. The zero-order valence-electron chi connectivity index (χ0n) is 10.4. The molecule has 1 heterocycles. The van der Waals surface area contributed by atoms with Crippen molar-refractivity contribution in [3.63, 3.8) is 0 Å². The zero-order valence-corrected chi connectivity index (χ0v) is 11.2. The molecule has 0 bridgehead atoms. The highest BCUT2D eigenvalue weighted by atomic mass is 32.2. The standard InChI is InChI=1S/C11H17N3O3S/c1-8(15)13-9(11(16)17)3-6-18-7-10-12-4-5-14(10)2/h4-5,9H,3,6-7H2,1-2H3,(H,13,15)(H,16,17). The molecule has 1 aromatic rings. The minimum absolute atomic E-state index is 0.323. The van der Waals surface area contributed by atoms with Gasteiger partial charge in [-0.05, 0) is 12.2 Å². The number of imidazole rings is 1. The first-order valence-electron chi connectivity index (χ1n) is 5.54. The van der Waals surface area contributed by atoms with Crippen LogP contribution in [-0.2, 0) is 22.4 Å². The number of nitrogens with one attached hydrogen (secondary N) is 1. The third-order valence-corrected chi connectivity index (χ3v) is 3.37. The second-order valence-electron chi connectivity index (χ2n) is 3.89. The number of amides is 1. The lowest BCUT2D eigenvalue weighted by Gasteiger charge is -2.12. The van der Waals surface area contributed by atoms with Gasteiger partial charge in [-0.2, -0.15) is 11.8 Å². The van der Waals surface area contributed by atoms with Crippen molar-refractivity contribution in [3.05, 3.63) is 18.2 Å². The summed E-state index contributed by atoms with van der Waals surface area (Å²) in [6.45, 7) is 1.32. The Bertz CT molecular complexity index is 419. The van der Waals surface area contributed by atoms with Crippen LogP contribution in [0.25, 0.3) is 0 Å². The lowest BCUT2D eigenvalue weighted by Crippen LogP contribution is -2.39. The monoisotopic (exact) mass is 271 g/mol. The number of carbonyl (C=O) groups is 2. The molecule has 2 N–H and O–H groups in total. The highest BCUT2D eigenvalue weighted by Gasteiger charge is 2.17. The number of aliphatic carboxylic acids is 1. The number of aryl methyl sites for hydroxylation is 1. The minimum Gasteiger partial charge on any atom is -0.480 e. The van der Waals surface area contributed by atoms with E-state index in [-0.39, 0.29) is 5.91 Å². The Labute approximate surface area is 110 Å². The fourth-order valence-electron chi connectivity index (χ4n) is 1.40. The Morgan fingerprint density at radius 3 is 2.83 bits per heavy atom. The molecule has 18 heavy (non-hydrogen) atoms. The molecule has 100 valence electrons. The van der Waals surface area contributed by atoms with Crippen LogP contribution in [0.2, 0.25) is 0 Å². The van der Waals surface area contributed by atoms with Crippen molar-refractivity contribution in [2.24, 2.45) is 7.05 Å². The summed E-state index contributed by atoms with van der Waals surface area (Å²) in [6.07, 6.45) is 4.00. The number of aromatic nitrogens is 2. The van der Waals surface area contributed by atoms with Crippen LogP contribution >= 0.6 is 11.8 Å². The number of thioether (sulfide) groups is 1. The number of carboxylic acids is 1. The summed E-state index contributed by atoms with van der Waals surface area (Å²) in [7, 11) is 1.92. The molecule has 7 heteroatoms. The predicted octanol–water partition coefficient (Wildman–Crippen LogP) is 0.633. The number of hydrogen-bond donors (Lipinski definition) is 2. The summed E-state index contributed by atoms with van der Waals surface area (Å²) in [5, 5.41) is 11.3.